The van der Waals surface area contributed by atoms with Crippen LogP contribution in [0.1, 0.15) is 23.1 Å². The molecule has 0 saturated carbocycles. The third-order valence-electron chi connectivity index (χ3n) is 2.42. The van der Waals surface area contributed by atoms with Crippen molar-refractivity contribution in [2.45, 2.75) is 13.5 Å². The molecule has 1 N–H and O–H groups in total. The van der Waals surface area contributed by atoms with Gasteiger partial charge in [-0.3, -0.25) is 4.79 Å². The second kappa shape index (κ2) is 5.20. The summed E-state index contributed by atoms with van der Waals surface area (Å²) in [5, 5.41) is 13.0. The number of carbonyl (C=O) groups excluding carboxylic acids is 1. The Bertz CT molecular complexity index is 468. The van der Waals surface area contributed by atoms with E-state index in [-0.39, 0.29) is 11.7 Å². The number of hydrogen-bond donors (Lipinski definition) is 1. The molecule has 0 spiro atoms. The average Bonchev–Trinajstić information content (AvgIpc) is 2.90. The molecule has 1 heterocycles. The second-order valence-electron chi connectivity index (χ2n) is 3.54. The lowest BCUT2D eigenvalue weighted by Crippen LogP contribution is -2.31. The minimum absolute atomic E-state index is 0.0998. The van der Waals surface area contributed by atoms with E-state index in [9.17, 15) is 4.79 Å². The van der Waals surface area contributed by atoms with Crippen LogP contribution in [0.4, 0.5) is 0 Å². The number of benzene rings is 1. The fraction of sp³-hybridized carbons (Fsp3) is 0.273. The summed E-state index contributed by atoms with van der Waals surface area (Å²) in [7, 11) is 0. The molecule has 2 rings (SSSR count). The van der Waals surface area contributed by atoms with E-state index >= 15 is 0 Å². The molecule has 17 heavy (non-hydrogen) atoms. The molecule has 1 aromatic heterocycles. The monoisotopic (exact) mass is 231 g/mol. The maximum absolute atomic E-state index is 12.0. The summed E-state index contributed by atoms with van der Waals surface area (Å²) in [6.07, 6.45) is 0. The van der Waals surface area contributed by atoms with E-state index in [0.29, 0.717) is 13.1 Å². The third-order valence-corrected chi connectivity index (χ3v) is 2.42. The van der Waals surface area contributed by atoms with Crippen LogP contribution in [-0.2, 0) is 6.54 Å². The lowest BCUT2D eigenvalue weighted by molar-refractivity contribution is 0.0740. The molecule has 0 fully saturated rings. The number of H-pyrrole nitrogens is 1. The van der Waals surface area contributed by atoms with Crippen LogP contribution in [0.25, 0.3) is 0 Å². The van der Waals surface area contributed by atoms with E-state index in [4.69, 9.17) is 0 Å². The van der Waals surface area contributed by atoms with Gasteiger partial charge in [-0.05, 0) is 17.7 Å². The number of amides is 1. The SMILES string of the molecule is CCN(Cc1ccccc1)C(=O)c1nn[nH]n1. The van der Waals surface area contributed by atoms with Crippen LogP contribution in [0.2, 0.25) is 0 Å². The van der Waals surface area contributed by atoms with Crippen molar-refractivity contribution >= 4 is 5.91 Å². The van der Waals surface area contributed by atoms with Crippen molar-refractivity contribution in [2.75, 3.05) is 6.54 Å². The summed E-state index contributed by atoms with van der Waals surface area (Å²) in [5.41, 5.74) is 1.08. The van der Waals surface area contributed by atoms with Crippen LogP contribution in [0, 0.1) is 0 Å². The number of carbonyl (C=O) groups is 1. The number of aromatic nitrogens is 4. The predicted molar refractivity (Wildman–Crippen MR) is 61.0 cm³/mol. The quantitative estimate of drug-likeness (QED) is 0.846. The Labute approximate surface area is 98.6 Å². The van der Waals surface area contributed by atoms with Gasteiger partial charge in [-0.2, -0.15) is 5.21 Å². The molecule has 88 valence electrons. The average molecular weight is 231 g/mol. The van der Waals surface area contributed by atoms with Crippen molar-refractivity contribution in [2.24, 2.45) is 0 Å². The van der Waals surface area contributed by atoms with Gasteiger partial charge in [0.05, 0.1) is 0 Å². The first-order valence-electron chi connectivity index (χ1n) is 5.38. The number of aromatic amines is 1. The highest BCUT2D eigenvalue weighted by Crippen LogP contribution is 2.06. The zero-order chi connectivity index (χ0) is 12.1. The summed E-state index contributed by atoms with van der Waals surface area (Å²) in [4.78, 5) is 13.6. The highest BCUT2D eigenvalue weighted by atomic mass is 16.2. The summed E-state index contributed by atoms with van der Waals surface area (Å²) < 4.78 is 0. The molecule has 0 aliphatic heterocycles. The standard InChI is InChI=1S/C11H13N5O/c1-2-16(8-9-6-4-3-5-7-9)11(17)10-12-14-15-13-10/h3-7H,2,8H2,1H3,(H,12,13,14,15). The zero-order valence-corrected chi connectivity index (χ0v) is 9.50. The number of hydrogen-bond acceptors (Lipinski definition) is 4. The Kier molecular flexibility index (Phi) is 3.44. The summed E-state index contributed by atoms with van der Waals surface area (Å²) in [6, 6.07) is 9.79. The Morgan fingerprint density at radius 1 is 1.35 bits per heavy atom. The maximum atomic E-state index is 12.0. The Morgan fingerprint density at radius 2 is 2.12 bits per heavy atom. The van der Waals surface area contributed by atoms with E-state index < -0.39 is 0 Å². The first-order chi connectivity index (χ1) is 8.31. The van der Waals surface area contributed by atoms with Gasteiger partial charge in [-0.15, -0.1) is 10.2 Å². The van der Waals surface area contributed by atoms with Crippen molar-refractivity contribution < 1.29 is 4.79 Å². The first-order valence-corrected chi connectivity index (χ1v) is 5.38. The van der Waals surface area contributed by atoms with Crippen molar-refractivity contribution in [3.05, 3.63) is 41.7 Å². The highest BCUT2D eigenvalue weighted by molar-refractivity contribution is 5.90. The lowest BCUT2D eigenvalue weighted by Gasteiger charge is -2.18. The maximum Gasteiger partial charge on any atom is 0.295 e. The van der Waals surface area contributed by atoms with Gasteiger partial charge in [0.1, 0.15) is 0 Å². The number of tetrazole rings is 1. The summed E-state index contributed by atoms with van der Waals surface area (Å²) in [6.45, 7) is 3.06. The minimum atomic E-state index is -0.217. The van der Waals surface area contributed by atoms with Gasteiger partial charge in [0.25, 0.3) is 11.7 Å². The van der Waals surface area contributed by atoms with Crippen LogP contribution in [0.5, 0.6) is 0 Å². The van der Waals surface area contributed by atoms with Gasteiger partial charge >= 0.3 is 0 Å². The Hall–Kier alpha value is -2.24. The van der Waals surface area contributed by atoms with Gasteiger partial charge in [0.15, 0.2) is 0 Å². The molecule has 0 atom stereocenters. The van der Waals surface area contributed by atoms with Gasteiger partial charge in [-0.25, -0.2) is 0 Å². The molecule has 6 nitrogen and oxygen atoms in total. The van der Waals surface area contributed by atoms with Crippen LogP contribution >= 0.6 is 0 Å². The molecule has 1 amide bonds. The second-order valence-corrected chi connectivity index (χ2v) is 3.54. The predicted octanol–water partition coefficient (Wildman–Crippen LogP) is 0.862. The van der Waals surface area contributed by atoms with Crippen LogP contribution in [-0.4, -0.2) is 38.0 Å². The smallest absolute Gasteiger partial charge is 0.295 e. The molecule has 0 aliphatic carbocycles. The molecule has 2 aromatic rings. The molecule has 0 bridgehead atoms. The van der Waals surface area contributed by atoms with Gasteiger partial charge < -0.3 is 4.90 Å². The van der Waals surface area contributed by atoms with Gasteiger partial charge in [-0.1, -0.05) is 30.3 Å². The van der Waals surface area contributed by atoms with Gasteiger partial charge in [0, 0.05) is 13.1 Å². The summed E-state index contributed by atoms with van der Waals surface area (Å²) in [5.74, 6) is -0.118. The molecule has 0 radical (unpaired) electrons. The molecular formula is C11H13N5O. The van der Waals surface area contributed by atoms with Crippen molar-refractivity contribution in [3.8, 4) is 0 Å². The molecular weight excluding hydrogens is 218 g/mol. The largest absolute Gasteiger partial charge is 0.332 e. The number of rotatable bonds is 4. The Morgan fingerprint density at radius 3 is 2.71 bits per heavy atom. The number of nitrogens with zero attached hydrogens (tertiary/aromatic N) is 4. The topological polar surface area (TPSA) is 74.8 Å². The molecule has 0 saturated heterocycles. The minimum Gasteiger partial charge on any atom is -0.332 e. The first kappa shape index (κ1) is 11.3. The number of nitrogens with one attached hydrogen (secondary N) is 1. The zero-order valence-electron chi connectivity index (χ0n) is 9.50. The molecule has 1 aromatic carbocycles. The van der Waals surface area contributed by atoms with Crippen LogP contribution in [0.3, 0.4) is 0 Å². The highest BCUT2D eigenvalue weighted by Gasteiger charge is 2.18. The van der Waals surface area contributed by atoms with Crippen molar-refractivity contribution in [1.82, 2.24) is 25.5 Å². The van der Waals surface area contributed by atoms with Crippen molar-refractivity contribution in [3.63, 3.8) is 0 Å². The van der Waals surface area contributed by atoms with Crippen LogP contribution in [0.15, 0.2) is 30.3 Å². The van der Waals surface area contributed by atoms with E-state index in [1.54, 1.807) is 4.90 Å². The van der Waals surface area contributed by atoms with E-state index in [0.717, 1.165) is 5.56 Å². The fourth-order valence-corrected chi connectivity index (χ4v) is 1.52. The van der Waals surface area contributed by atoms with Crippen molar-refractivity contribution in [1.29, 1.82) is 0 Å². The molecule has 0 unspecified atom stereocenters. The van der Waals surface area contributed by atoms with E-state index in [1.165, 1.54) is 0 Å². The van der Waals surface area contributed by atoms with Gasteiger partial charge in [0.2, 0.25) is 0 Å². The Balaban J connectivity index is 2.10. The fourth-order valence-electron chi connectivity index (χ4n) is 1.52. The molecule has 6 heteroatoms. The molecule has 0 aliphatic rings. The van der Waals surface area contributed by atoms with Crippen LogP contribution < -0.4 is 0 Å². The third kappa shape index (κ3) is 2.66. The van der Waals surface area contributed by atoms with E-state index in [1.807, 2.05) is 37.3 Å². The van der Waals surface area contributed by atoms with E-state index in [2.05, 4.69) is 20.6 Å². The summed E-state index contributed by atoms with van der Waals surface area (Å²) >= 11 is 0. The lowest BCUT2D eigenvalue weighted by atomic mass is 10.2. The normalized spacial score (nSPS) is 10.2.